The van der Waals surface area contributed by atoms with Crippen LogP contribution in [0.1, 0.15) is 41.2 Å². The second-order valence-corrected chi connectivity index (χ2v) is 6.25. The molecule has 1 fully saturated rings. The lowest BCUT2D eigenvalue weighted by Crippen LogP contribution is -2.44. The molecule has 124 valence electrons. The molecule has 1 aliphatic carbocycles. The average molecular weight is 347 g/mol. The van der Waals surface area contributed by atoms with Gasteiger partial charge in [-0.3, -0.25) is 14.6 Å². The Kier molecular flexibility index (Phi) is 4.90. The monoisotopic (exact) mass is 346 g/mol. The van der Waals surface area contributed by atoms with E-state index in [2.05, 4.69) is 10.3 Å². The van der Waals surface area contributed by atoms with Gasteiger partial charge >= 0.3 is 0 Å². The lowest BCUT2D eigenvalue weighted by atomic mass is 9.80. The number of nitrogens with zero attached hydrogens (tertiary/aromatic N) is 1. The van der Waals surface area contributed by atoms with E-state index in [4.69, 9.17) is 11.6 Å². The van der Waals surface area contributed by atoms with Crippen LogP contribution < -0.4 is 5.32 Å². The maximum Gasteiger partial charge on any atom is 0.270 e. The van der Waals surface area contributed by atoms with Crippen molar-refractivity contribution < 1.29 is 14.0 Å². The van der Waals surface area contributed by atoms with Crippen LogP contribution in [-0.2, 0) is 4.79 Å². The van der Waals surface area contributed by atoms with Crippen LogP contribution in [0.25, 0.3) is 0 Å². The smallest absolute Gasteiger partial charge is 0.270 e. The first kappa shape index (κ1) is 16.6. The van der Waals surface area contributed by atoms with Crippen LogP contribution in [0.3, 0.4) is 0 Å². The van der Waals surface area contributed by atoms with E-state index < -0.39 is 11.9 Å². The molecule has 0 saturated heterocycles. The maximum absolute atomic E-state index is 13.2. The highest BCUT2D eigenvalue weighted by Gasteiger charge is 2.32. The van der Waals surface area contributed by atoms with Crippen LogP contribution >= 0.6 is 11.6 Å². The van der Waals surface area contributed by atoms with Gasteiger partial charge in [-0.25, -0.2) is 4.39 Å². The number of nitrogens with one attached hydrogen (secondary N) is 1. The Hall–Kier alpha value is -2.27. The van der Waals surface area contributed by atoms with E-state index in [0.717, 1.165) is 5.56 Å². The van der Waals surface area contributed by atoms with Gasteiger partial charge in [0, 0.05) is 17.6 Å². The molecule has 1 saturated carbocycles. The molecule has 1 aliphatic rings. The van der Waals surface area contributed by atoms with Crippen LogP contribution in [-0.4, -0.2) is 22.7 Å². The molecule has 0 bridgehead atoms. The van der Waals surface area contributed by atoms with Crippen molar-refractivity contribution in [3.63, 3.8) is 0 Å². The third-order valence-electron chi connectivity index (χ3n) is 4.25. The fraction of sp³-hybridized carbons (Fsp3) is 0.278. The predicted octanol–water partition coefficient (Wildman–Crippen LogP) is 3.51. The van der Waals surface area contributed by atoms with Crippen LogP contribution in [0.5, 0.6) is 0 Å². The van der Waals surface area contributed by atoms with Crippen LogP contribution in [0, 0.1) is 5.82 Å². The molecular formula is C18H16ClFN2O2. The minimum absolute atomic E-state index is 0.00447. The third-order valence-corrected chi connectivity index (χ3v) is 4.58. The molecule has 1 aromatic carbocycles. The number of carbonyl (C=O) groups is 2. The molecule has 6 heteroatoms. The van der Waals surface area contributed by atoms with Crippen LogP contribution in [0.2, 0.25) is 5.02 Å². The molecule has 1 amide bonds. The molecule has 24 heavy (non-hydrogen) atoms. The lowest BCUT2D eigenvalue weighted by molar-refractivity contribution is -0.122. The molecule has 2 unspecified atom stereocenters. The van der Waals surface area contributed by atoms with Gasteiger partial charge in [0.2, 0.25) is 0 Å². The van der Waals surface area contributed by atoms with Gasteiger partial charge < -0.3 is 5.32 Å². The van der Waals surface area contributed by atoms with Crippen molar-refractivity contribution in [1.82, 2.24) is 10.3 Å². The Bertz CT molecular complexity index is 767. The number of halogens is 2. The number of aromatic nitrogens is 1. The molecular weight excluding hydrogens is 331 g/mol. The molecule has 0 spiro atoms. The van der Waals surface area contributed by atoms with Crippen LogP contribution in [0.15, 0.2) is 42.6 Å². The molecule has 3 rings (SSSR count). The van der Waals surface area contributed by atoms with Crippen molar-refractivity contribution in [2.24, 2.45) is 0 Å². The zero-order valence-electron chi connectivity index (χ0n) is 12.8. The summed E-state index contributed by atoms with van der Waals surface area (Å²) in [4.78, 5) is 28.3. The number of pyridine rings is 1. The number of hydrogen-bond donors (Lipinski definition) is 1. The van der Waals surface area contributed by atoms with E-state index >= 15 is 0 Å². The van der Waals surface area contributed by atoms with Crippen molar-refractivity contribution in [1.29, 1.82) is 0 Å². The quantitative estimate of drug-likeness (QED) is 0.925. The van der Waals surface area contributed by atoms with E-state index in [9.17, 15) is 14.0 Å². The van der Waals surface area contributed by atoms with E-state index in [1.807, 2.05) is 0 Å². The second-order valence-electron chi connectivity index (χ2n) is 5.84. The summed E-state index contributed by atoms with van der Waals surface area (Å²) in [5.41, 5.74) is 1.08. The number of carbonyl (C=O) groups excluding carboxylic acids is 2. The Labute approximate surface area is 144 Å². The summed E-state index contributed by atoms with van der Waals surface area (Å²) in [6, 6.07) is 8.72. The van der Waals surface area contributed by atoms with Gasteiger partial charge in [0.1, 0.15) is 11.5 Å². The summed E-state index contributed by atoms with van der Waals surface area (Å²) < 4.78 is 13.2. The number of rotatable bonds is 3. The maximum atomic E-state index is 13.2. The van der Waals surface area contributed by atoms with Gasteiger partial charge in [-0.1, -0.05) is 23.7 Å². The number of amides is 1. The number of Topliss-reactive ketones (excluding diaryl/α,β-unsaturated/α-hetero) is 1. The zero-order chi connectivity index (χ0) is 17.1. The summed E-state index contributed by atoms with van der Waals surface area (Å²) >= 11 is 6.13. The van der Waals surface area contributed by atoms with E-state index in [-0.39, 0.29) is 23.3 Å². The van der Waals surface area contributed by atoms with Gasteiger partial charge in [0.25, 0.3) is 5.91 Å². The molecule has 0 radical (unpaired) electrons. The first-order valence-electron chi connectivity index (χ1n) is 7.74. The summed E-state index contributed by atoms with van der Waals surface area (Å²) in [6.45, 7) is 0. The Morgan fingerprint density at radius 1 is 1.29 bits per heavy atom. The number of ketones is 1. The second kappa shape index (κ2) is 7.09. The SMILES string of the molecule is O=C(NC1CC(c2ccc(F)cc2Cl)CCC1=O)c1ccccn1. The van der Waals surface area contributed by atoms with Crippen molar-refractivity contribution in [2.75, 3.05) is 0 Å². The molecule has 2 aromatic rings. The van der Waals surface area contributed by atoms with E-state index in [1.165, 1.54) is 18.3 Å². The lowest BCUT2D eigenvalue weighted by Gasteiger charge is -2.29. The molecule has 1 N–H and O–H groups in total. The van der Waals surface area contributed by atoms with Crippen molar-refractivity contribution in [2.45, 2.75) is 31.2 Å². The first-order chi connectivity index (χ1) is 11.5. The highest BCUT2D eigenvalue weighted by molar-refractivity contribution is 6.31. The summed E-state index contributed by atoms with van der Waals surface area (Å²) in [7, 11) is 0. The van der Waals surface area contributed by atoms with E-state index in [1.54, 1.807) is 24.3 Å². The van der Waals surface area contributed by atoms with Crippen molar-refractivity contribution in [3.05, 3.63) is 64.7 Å². The van der Waals surface area contributed by atoms with Gasteiger partial charge in [-0.05, 0) is 48.6 Å². The minimum atomic E-state index is -0.584. The predicted molar refractivity (Wildman–Crippen MR) is 88.5 cm³/mol. The number of hydrogen-bond acceptors (Lipinski definition) is 3. The molecule has 1 aromatic heterocycles. The molecule has 0 aliphatic heterocycles. The summed E-state index contributed by atoms with van der Waals surface area (Å²) in [6.07, 6.45) is 2.97. The standard InChI is InChI=1S/C18H16ClFN2O2/c19-14-10-12(20)5-6-13(14)11-4-7-17(23)16(9-11)22-18(24)15-3-1-2-8-21-15/h1-3,5-6,8,10-11,16H,4,7,9H2,(H,22,24). The fourth-order valence-corrected chi connectivity index (χ4v) is 3.33. The summed E-state index contributed by atoms with van der Waals surface area (Å²) in [5, 5.41) is 3.10. The van der Waals surface area contributed by atoms with Gasteiger partial charge in [-0.15, -0.1) is 0 Å². The molecule has 1 heterocycles. The molecule has 2 atom stereocenters. The topological polar surface area (TPSA) is 59.1 Å². The van der Waals surface area contributed by atoms with Gasteiger partial charge in [0.05, 0.1) is 6.04 Å². The molecule has 4 nitrogen and oxygen atoms in total. The van der Waals surface area contributed by atoms with E-state index in [0.29, 0.717) is 24.3 Å². The Balaban J connectivity index is 1.74. The van der Waals surface area contributed by atoms with Gasteiger partial charge in [0.15, 0.2) is 5.78 Å². The fourth-order valence-electron chi connectivity index (χ4n) is 3.01. The highest BCUT2D eigenvalue weighted by Crippen LogP contribution is 2.35. The van der Waals surface area contributed by atoms with Crippen molar-refractivity contribution >= 4 is 23.3 Å². The minimum Gasteiger partial charge on any atom is -0.341 e. The van der Waals surface area contributed by atoms with Crippen molar-refractivity contribution in [3.8, 4) is 0 Å². The highest BCUT2D eigenvalue weighted by atomic mass is 35.5. The third kappa shape index (κ3) is 3.62. The largest absolute Gasteiger partial charge is 0.341 e. The normalized spacial score (nSPS) is 20.7. The summed E-state index contributed by atoms with van der Waals surface area (Å²) in [5.74, 6) is -0.769. The van der Waals surface area contributed by atoms with Gasteiger partial charge in [-0.2, -0.15) is 0 Å². The zero-order valence-corrected chi connectivity index (χ0v) is 13.6. The Morgan fingerprint density at radius 2 is 2.12 bits per heavy atom. The first-order valence-corrected chi connectivity index (χ1v) is 8.12. The van der Waals surface area contributed by atoms with Crippen LogP contribution in [0.4, 0.5) is 4.39 Å². The number of benzene rings is 1. The Morgan fingerprint density at radius 3 is 2.83 bits per heavy atom. The average Bonchev–Trinajstić information content (AvgIpc) is 2.58.